The molecule has 29 heavy (non-hydrogen) atoms. The van der Waals surface area contributed by atoms with Crippen molar-refractivity contribution < 1.29 is 14.4 Å². The molecule has 0 radical (unpaired) electrons. The Labute approximate surface area is 172 Å². The molecule has 3 N–H and O–H groups in total. The molecule has 0 unspecified atom stereocenters. The minimum absolute atomic E-state index is 0.199. The minimum atomic E-state index is -0.531. The fourth-order valence-corrected chi connectivity index (χ4v) is 2.72. The normalized spacial score (nSPS) is 10.1. The first-order valence-corrected chi connectivity index (χ1v) is 9.20. The van der Waals surface area contributed by atoms with Crippen molar-refractivity contribution in [2.24, 2.45) is 0 Å². The Balaban J connectivity index is 1.59. The summed E-state index contributed by atoms with van der Waals surface area (Å²) in [5.41, 5.74) is 1.82. The maximum Gasteiger partial charge on any atom is 0.319 e. The van der Waals surface area contributed by atoms with Gasteiger partial charge in [-0.3, -0.25) is 9.59 Å². The molecule has 3 amide bonds. The van der Waals surface area contributed by atoms with E-state index in [2.05, 4.69) is 16.0 Å². The third kappa shape index (κ3) is 5.67. The molecule has 0 spiro atoms. The third-order valence-corrected chi connectivity index (χ3v) is 4.25. The first-order valence-electron chi connectivity index (χ1n) is 8.82. The van der Waals surface area contributed by atoms with Crippen molar-refractivity contribution in [1.82, 2.24) is 5.32 Å². The van der Waals surface area contributed by atoms with Gasteiger partial charge in [0.1, 0.15) is 0 Å². The van der Waals surface area contributed by atoms with E-state index in [0.717, 1.165) is 0 Å². The van der Waals surface area contributed by atoms with Crippen LogP contribution in [0.1, 0.15) is 15.9 Å². The summed E-state index contributed by atoms with van der Waals surface area (Å²) < 4.78 is 0. The van der Waals surface area contributed by atoms with Gasteiger partial charge in [-0.05, 0) is 36.4 Å². The van der Waals surface area contributed by atoms with Crippen LogP contribution in [0.15, 0.2) is 78.9 Å². The Morgan fingerprint density at radius 1 is 0.759 bits per heavy atom. The highest BCUT2D eigenvalue weighted by Crippen LogP contribution is 2.19. The molecule has 0 fully saturated rings. The van der Waals surface area contributed by atoms with Crippen LogP contribution in [-0.4, -0.2) is 24.3 Å². The van der Waals surface area contributed by atoms with Gasteiger partial charge in [-0.1, -0.05) is 54.1 Å². The Kier molecular flexibility index (Phi) is 6.60. The average molecular weight is 408 g/mol. The minimum Gasteiger partial charge on any atom is -0.329 e. The highest BCUT2D eigenvalue weighted by molar-refractivity contribution is 6.30. The predicted octanol–water partition coefficient (Wildman–Crippen LogP) is 4.33. The maximum atomic E-state index is 12.7. The van der Waals surface area contributed by atoms with Crippen molar-refractivity contribution in [3.8, 4) is 0 Å². The number of carbonyl (C=O) groups is 3. The summed E-state index contributed by atoms with van der Waals surface area (Å²) in [6.07, 6.45) is 0. The van der Waals surface area contributed by atoms with E-state index < -0.39 is 11.9 Å². The van der Waals surface area contributed by atoms with Crippen molar-refractivity contribution >= 4 is 40.7 Å². The Hall–Kier alpha value is -3.64. The molecule has 0 aromatic heterocycles. The van der Waals surface area contributed by atoms with Crippen molar-refractivity contribution in [2.75, 3.05) is 17.2 Å². The molecule has 0 aliphatic heterocycles. The lowest BCUT2D eigenvalue weighted by Gasteiger charge is -2.11. The van der Waals surface area contributed by atoms with Crippen LogP contribution in [0.3, 0.4) is 0 Å². The molecular formula is C22H18ClN3O3. The van der Waals surface area contributed by atoms with Gasteiger partial charge in [-0.15, -0.1) is 0 Å². The molecule has 0 bridgehead atoms. The number of carbonyl (C=O) groups excluding carboxylic acids is 3. The third-order valence-electron chi connectivity index (χ3n) is 3.99. The van der Waals surface area contributed by atoms with Crippen molar-refractivity contribution in [2.45, 2.75) is 0 Å². The summed E-state index contributed by atoms with van der Waals surface area (Å²) in [5.74, 6) is -0.653. The number of hydrogen-bond acceptors (Lipinski definition) is 3. The summed E-state index contributed by atoms with van der Waals surface area (Å²) in [5, 5.41) is 8.29. The fourth-order valence-electron chi connectivity index (χ4n) is 2.60. The molecule has 0 saturated carbocycles. The molecule has 3 aromatic rings. The molecule has 7 heteroatoms. The van der Waals surface area contributed by atoms with Crippen LogP contribution in [0.5, 0.6) is 0 Å². The van der Waals surface area contributed by atoms with E-state index in [1.807, 2.05) is 6.07 Å². The predicted molar refractivity (Wildman–Crippen MR) is 113 cm³/mol. The SMILES string of the molecule is O=C(CNC(=O)Nc1ccc(Cl)cc1)Nc1ccccc1C(=O)c1ccccc1. The van der Waals surface area contributed by atoms with E-state index in [0.29, 0.717) is 27.5 Å². The largest absolute Gasteiger partial charge is 0.329 e. The van der Waals surface area contributed by atoms with Gasteiger partial charge in [0.25, 0.3) is 0 Å². The highest BCUT2D eigenvalue weighted by atomic mass is 35.5. The van der Waals surface area contributed by atoms with Gasteiger partial charge in [-0.25, -0.2) is 4.79 Å². The zero-order valence-electron chi connectivity index (χ0n) is 15.3. The molecule has 6 nitrogen and oxygen atoms in total. The lowest BCUT2D eigenvalue weighted by Crippen LogP contribution is -2.36. The second kappa shape index (κ2) is 9.52. The summed E-state index contributed by atoms with van der Waals surface area (Å²) in [6.45, 7) is -0.257. The van der Waals surface area contributed by atoms with Gasteiger partial charge >= 0.3 is 6.03 Å². The number of hydrogen-bond donors (Lipinski definition) is 3. The van der Waals surface area contributed by atoms with E-state index in [9.17, 15) is 14.4 Å². The molecule has 0 atom stereocenters. The first kappa shape index (κ1) is 20.1. The van der Waals surface area contributed by atoms with Crippen LogP contribution < -0.4 is 16.0 Å². The number of anilines is 2. The van der Waals surface area contributed by atoms with E-state index in [-0.39, 0.29) is 12.3 Å². The quantitative estimate of drug-likeness (QED) is 0.531. The summed E-state index contributed by atoms with van der Waals surface area (Å²) in [4.78, 5) is 36.9. The van der Waals surface area contributed by atoms with Gasteiger partial charge in [-0.2, -0.15) is 0 Å². The van der Waals surface area contributed by atoms with Crippen LogP contribution >= 0.6 is 11.6 Å². The molecule has 3 aromatic carbocycles. The Morgan fingerprint density at radius 3 is 2.14 bits per heavy atom. The second-order valence-electron chi connectivity index (χ2n) is 6.10. The summed E-state index contributed by atoms with van der Waals surface area (Å²) in [7, 11) is 0. The van der Waals surface area contributed by atoms with Crippen molar-refractivity contribution in [3.05, 3.63) is 95.0 Å². The topological polar surface area (TPSA) is 87.3 Å². The van der Waals surface area contributed by atoms with E-state index in [1.165, 1.54) is 0 Å². The number of para-hydroxylation sites is 1. The summed E-state index contributed by atoms with van der Waals surface area (Å²) in [6, 6.07) is 21.6. The zero-order chi connectivity index (χ0) is 20.6. The fraction of sp³-hybridized carbons (Fsp3) is 0.0455. The van der Waals surface area contributed by atoms with Gasteiger partial charge < -0.3 is 16.0 Å². The monoisotopic (exact) mass is 407 g/mol. The molecule has 0 aliphatic rings. The van der Waals surface area contributed by atoms with Crippen LogP contribution in [0, 0.1) is 0 Å². The van der Waals surface area contributed by atoms with Gasteiger partial charge in [0.2, 0.25) is 5.91 Å². The molecule has 0 heterocycles. The molecule has 0 saturated heterocycles. The van der Waals surface area contributed by atoms with Gasteiger partial charge in [0.15, 0.2) is 5.78 Å². The smallest absolute Gasteiger partial charge is 0.319 e. The maximum absolute atomic E-state index is 12.7. The van der Waals surface area contributed by atoms with E-state index >= 15 is 0 Å². The van der Waals surface area contributed by atoms with Crippen molar-refractivity contribution in [3.63, 3.8) is 0 Å². The molecule has 3 rings (SSSR count). The number of halogens is 1. The second-order valence-corrected chi connectivity index (χ2v) is 6.54. The van der Waals surface area contributed by atoms with E-state index in [1.54, 1.807) is 72.8 Å². The number of amides is 3. The number of nitrogens with one attached hydrogen (secondary N) is 3. The lowest BCUT2D eigenvalue weighted by atomic mass is 10.0. The highest BCUT2D eigenvalue weighted by Gasteiger charge is 2.15. The average Bonchev–Trinajstić information content (AvgIpc) is 2.74. The van der Waals surface area contributed by atoms with Gasteiger partial charge in [0.05, 0.1) is 12.2 Å². The Bertz CT molecular complexity index is 1020. The Morgan fingerprint density at radius 2 is 1.41 bits per heavy atom. The number of ketones is 1. The zero-order valence-corrected chi connectivity index (χ0v) is 16.1. The number of benzene rings is 3. The van der Waals surface area contributed by atoms with E-state index in [4.69, 9.17) is 11.6 Å². The lowest BCUT2D eigenvalue weighted by molar-refractivity contribution is -0.115. The molecule has 0 aliphatic carbocycles. The number of rotatable bonds is 6. The first-order chi connectivity index (χ1) is 14.0. The van der Waals surface area contributed by atoms with Crippen LogP contribution in [0.25, 0.3) is 0 Å². The van der Waals surface area contributed by atoms with Crippen molar-refractivity contribution in [1.29, 1.82) is 0 Å². The standard InChI is InChI=1S/C22H18ClN3O3/c23-16-10-12-17(13-11-16)25-22(29)24-14-20(27)26-19-9-5-4-8-18(19)21(28)15-6-2-1-3-7-15/h1-13H,14H2,(H,26,27)(H2,24,25,29). The van der Waals surface area contributed by atoms with Gasteiger partial charge in [0, 0.05) is 21.8 Å². The van der Waals surface area contributed by atoms with Crippen LogP contribution in [0.4, 0.5) is 16.2 Å². The molecular weight excluding hydrogens is 390 g/mol. The van der Waals surface area contributed by atoms with Crippen LogP contribution in [0.2, 0.25) is 5.02 Å². The molecule has 146 valence electrons. The number of urea groups is 1. The van der Waals surface area contributed by atoms with Crippen LogP contribution in [-0.2, 0) is 4.79 Å². The summed E-state index contributed by atoms with van der Waals surface area (Å²) >= 11 is 5.80.